The third kappa shape index (κ3) is 4.09. The first-order chi connectivity index (χ1) is 4.68. The highest BCUT2D eigenvalue weighted by molar-refractivity contribution is 5.92. The molecule has 0 aliphatic carbocycles. The fourth-order valence-corrected chi connectivity index (χ4v) is 0.452. The van der Waals surface area contributed by atoms with Crippen LogP contribution in [0.5, 0.6) is 0 Å². The Labute approximate surface area is 61.5 Å². The van der Waals surface area contributed by atoms with Gasteiger partial charge in [0.15, 0.2) is 0 Å². The number of hydrogen-bond donors (Lipinski definition) is 2. The highest BCUT2D eigenvalue weighted by atomic mass is 16.1. The number of likely N-dealkylation sites (N-methyl/N-ethyl adjacent to an activating group) is 1. The third-order valence-corrected chi connectivity index (χ3v) is 1.05. The van der Waals surface area contributed by atoms with E-state index < -0.39 is 0 Å². The van der Waals surface area contributed by atoms with Crippen molar-refractivity contribution in [1.29, 1.82) is 0 Å². The Morgan fingerprint density at radius 3 is 2.50 bits per heavy atom. The summed E-state index contributed by atoms with van der Waals surface area (Å²) in [6.07, 6.45) is 0. The van der Waals surface area contributed by atoms with Crippen LogP contribution in [-0.4, -0.2) is 26.0 Å². The quantitative estimate of drug-likeness (QED) is 0.425. The first kappa shape index (κ1) is 9.17. The largest absolute Gasteiger partial charge is 0.351 e. The van der Waals surface area contributed by atoms with Crippen molar-refractivity contribution in [2.24, 2.45) is 0 Å². The van der Waals surface area contributed by atoms with E-state index in [1.807, 2.05) is 7.05 Å². The monoisotopic (exact) mass is 142 g/mol. The van der Waals surface area contributed by atoms with Gasteiger partial charge in [0.05, 0.1) is 0 Å². The summed E-state index contributed by atoms with van der Waals surface area (Å²) in [5, 5.41) is 5.60. The number of nitrogens with one attached hydrogen (secondary N) is 2. The summed E-state index contributed by atoms with van der Waals surface area (Å²) >= 11 is 0. The first-order valence-electron chi connectivity index (χ1n) is 3.26. The molecule has 0 saturated heterocycles. The minimum atomic E-state index is -0.0738. The van der Waals surface area contributed by atoms with Crippen LogP contribution in [0.1, 0.15) is 6.92 Å². The molecule has 0 aliphatic heterocycles. The molecule has 1 amide bonds. The first-order valence-corrected chi connectivity index (χ1v) is 3.26. The van der Waals surface area contributed by atoms with E-state index in [0.29, 0.717) is 12.1 Å². The van der Waals surface area contributed by atoms with E-state index in [0.717, 1.165) is 6.54 Å². The maximum absolute atomic E-state index is 10.8. The summed E-state index contributed by atoms with van der Waals surface area (Å²) in [6.45, 7) is 6.64. The molecule has 0 spiro atoms. The molecule has 0 saturated carbocycles. The van der Waals surface area contributed by atoms with Gasteiger partial charge in [0.25, 0.3) is 0 Å². The molecule has 0 aromatic rings. The molecule has 0 fully saturated rings. The van der Waals surface area contributed by atoms with Crippen LogP contribution in [0.2, 0.25) is 0 Å². The van der Waals surface area contributed by atoms with Crippen LogP contribution in [0.4, 0.5) is 0 Å². The van der Waals surface area contributed by atoms with Crippen molar-refractivity contribution in [3.63, 3.8) is 0 Å². The predicted molar refractivity (Wildman–Crippen MR) is 41.8 cm³/mol. The number of carbonyl (C=O) groups excluding carboxylic acids is 1. The summed E-state index contributed by atoms with van der Waals surface area (Å²) in [7, 11) is 1.84. The predicted octanol–water partition coefficient (Wildman–Crippen LogP) is -0.102. The van der Waals surface area contributed by atoms with Crippen LogP contribution in [0.3, 0.4) is 0 Å². The van der Waals surface area contributed by atoms with Gasteiger partial charge in [-0.05, 0) is 14.0 Å². The van der Waals surface area contributed by atoms with E-state index in [2.05, 4.69) is 17.2 Å². The summed E-state index contributed by atoms with van der Waals surface area (Å²) in [5.74, 6) is -0.0738. The van der Waals surface area contributed by atoms with E-state index >= 15 is 0 Å². The van der Waals surface area contributed by atoms with Crippen molar-refractivity contribution in [2.45, 2.75) is 6.92 Å². The van der Waals surface area contributed by atoms with Gasteiger partial charge in [-0.15, -0.1) is 0 Å². The molecule has 0 rings (SSSR count). The smallest absolute Gasteiger partial charge is 0.246 e. The molecule has 0 bridgehead atoms. The fraction of sp³-hybridized carbons (Fsp3) is 0.571. The Kier molecular flexibility index (Phi) is 4.58. The summed E-state index contributed by atoms with van der Waals surface area (Å²) < 4.78 is 0. The van der Waals surface area contributed by atoms with Crippen LogP contribution >= 0.6 is 0 Å². The molecule has 3 nitrogen and oxygen atoms in total. The summed E-state index contributed by atoms with van der Waals surface area (Å²) in [5.41, 5.74) is 0.552. The Morgan fingerprint density at radius 2 is 2.10 bits per heavy atom. The molecule has 0 unspecified atom stereocenters. The van der Waals surface area contributed by atoms with Gasteiger partial charge in [-0.2, -0.15) is 0 Å². The maximum Gasteiger partial charge on any atom is 0.246 e. The fourth-order valence-electron chi connectivity index (χ4n) is 0.452. The average molecular weight is 142 g/mol. The molecule has 0 aliphatic rings. The van der Waals surface area contributed by atoms with Gasteiger partial charge in [-0.1, -0.05) is 6.58 Å². The maximum atomic E-state index is 10.8. The van der Waals surface area contributed by atoms with Crippen LogP contribution in [0, 0.1) is 0 Å². The van der Waals surface area contributed by atoms with Crippen molar-refractivity contribution in [1.82, 2.24) is 10.6 Å². The van der Waals surface area contributed by atoms with E-state index in [9.17, 15) is 4.79 Å². The summed E-state index contributed by atoms with van der Waals surface area (Å²) in [6, 6.07) is 0. The van der Waals surface area contributed by atoms with Gasteiger partial charge in [-0.25, -0.2) is 0 Å². The molecule has 10 heavy (non-hydrogen) atoms. The Hall–Kier alpha value is -0.830. The Morgan fingerprint density at radius 1 is 1.50 bits per heavy atom. The second-order valence-corrected chi connectivity index (χ2v) is 2.14. The van der Waals surface area contributed by atoms with Gasteiger partial charge >= 0.3 is 0 Å². The van der Waals surface area contributed by atoms with Gasteiger partial charge < -0.3 is 10.6 Å². The highest BCUT2D eigenvalue weighted by Crippen LogP contribution is 1.83. The van der Waals surface area contributed by atoms with Crippen LogP contribution < -0.4 is 10.6 Å². The number of hydrogen-bond acceptors (Lipinski definition) is 2. The van der Waals surface area contributed by atoms with Crippen LogP contribution in [-0.2, 0) is 4.79 Å². The molecule has 0 radical (unpaired) electrons. The van der Waals surface area contributed by atoms with Gasteiger partial charge in [0, 0.05) is 18.7 Å². The standard InChI is InChI=1S/C7H14N2O/c1-6(2)7(10)9-5-4-8-3/h8H,1,4-5H2,2-3H3,(H,9,10). The van der Waals surface area contributed by atoms with Gasteiger partial charge in [0.2, 0.25) is 5.91 Å². The van der Waals surface area contributed by atoms with Crippen molar-refractivity contribution in [3.8, 4) is 0 Å². The third-order valence-electron chi connectivity index (χ3n) is 1.05. The zero-order chi connectivity index (χ0) is 7.98. The van der Waals surface area contributed by atoms with Crippen molar-refractivity contribution in [2.75, 3.05) is 20.1 Å². The zero-order valence-electron chi connectivity index (χ0n) is 6.53. The Balaban J connectivity index is 3.31. The van der Waals surface area contributed by atoms with E-state index in [1.165, 1.54) is 0 Å². The lowest BCUT2D eigenvalue weighted by Gasteiger charge is -2.02. The van der Waals surface area contributed by atoms with Gasteiger partial charge in [-0.3, -0.25) is 4.79 Å². The van der Waals surface area contributed by atoms with E-state index in [1.54, 1.807) is 6.92 Å². The molecule has 2 N–H and O–H groups in total. The van der Waals surface area contributed by atoms with Crippen molar-refractivity contribution in [3.05, 3.63) is 12.2 Å². The summed E-state index contributed by atoms with van der Waals surface area (Å²) in [4.78, 5) is 10.8. The average Bonchev–Trinajstić information content (AvgIpc) is 1.88. The molecular formula is C7H14N2O. The van der Waals surface area contributed by atoms with Crippen molar-refractivity contribution >= 4 is 5.91 Å². The normalized spacial score (nSPS) is 9.00. The van der Waals surface area contributed by atoms with Crippen molar-refractivity contribution < 1.29 is 4.79 Å². The second-order valence-electron chi connectivity index (χ2n) is 2.14. The van der Waals surface area contributed by atoms with Gasteiger partial charge in [0.1, 0.15) is 0 Å². The van der Waals surface area contributed by atoms with E-state index in [4.69, 9.17) is 0 Å². The molecule has 3 heteroatoms. The minimum absolute atomic E-state index is 0.0738. The zero-order valence-corrected chi connectivity index (χ0v) is 6.53. The number of rotatable bonds is 4. The SMILES string of the molecule is C=C(C)C(=O)NCCNC. The molecule has 58 valence electrons. The molecule has 0 aromatic carbocycles. The molecule has 0 heterocycles. The highest BCUT2D eigenvalue weighted by Gasteiger charge is 1.97. The lowest BCUT2D eigenvalue weighted by Crippen LogP contribution is -2.30. The lowest BCUT2D eigenvalue weighted by molar-refractivity contribution is -0.117. The minimum Gasteiger partial charge on any atom is -0.351 e. The molecule has 0 atom stereocenters. The van der Waals surface area contributed by atoms with Crippen LogP contribution in [0.25, 0.3) is 0 Å². The molecule has 0 aromatic heterocycles. The Bertz CT molecular complexity index is 132. The number of amides is 1. The lowest BCUT2D eigenvalue weighted by atomic mass is 10.3. The van der Waals surface area contributed by atoms with Crippen LogP contribution in [0.15, 0.2) is 12.2 Å². The van der Waals surface area contributed by atoms with E-state index in [-0.39, 0.29) is 5.91 Å². The topological polar surface area (TPSA) is 41.1 Å². The second kappa shape index (κ2) is 4.99. The molecular weight excluding hydrogens is 128 g/mol. The number of carbonyl (C=O) groups is 1.